The summed E-state index contributed by atoms with van der Waals surface area (Å²) >= 11 is 0. The van der Waals surface area contributed by atoms with E-state index in [9.17, 15) is 8.42 Å². The molecule has 0 fully saturated rings. The number of sulfonamides is 1. The van der Waals surface area contributed by atoms with Crippen LogP contribution in [0.2, 0.25) is 0 Å². The van der Waals surface area contributed by atoms with E-state index in [1.165, 1.54) is 16.8 Å². The normalized spacial score (nSPS) is 19.0. The predicted molar refractivity (Wildman–Crippen MR) is 83.2 cm³/mol. The van der Waals surface area contributed by atoms with E-state index >= 15 is 0 Å². The first-order valence-corrected chi connectivity index (χ1v) is 8.93. The average molecular weight is 339 g/mol. The zero-order valence-electron chi connectivity index (χ0n) is 13.5. The highest BCUT2D eigenvalue weighted by atomic mass is 32.2. The van der Waals surface area contributed by atoms with Gasteiger partial charge in [-0.05, 0) is 6.92 Å². The molecule has 1 aliphatic rings. The van der Waals surface area contributed by atoms with Crippen molar-refractivity contribution in [1.29, 1.82) is 0 Å². The molecule has 23 heavy (non-hydrogen) atoms. The van der Waals surface area contributed by atoms with Crippen LogP contribution < -0.4 is 0 Å². The molecule has 3 rings (SSSR count). The largest absolute Gasteiger partial charge is 0.381 e. The third-order valence-corrected chi connectivity index (χ3v) is 5.71. The van der Waals surface area contributed by atoms with E-state index in [1.54, 1.807) is 17.9 Å². The molecule has 0 bridgehead atoms. The van der Waals surface area contributed by atoms with Crippen LogP contribution in [0.25, 0.3) is 0 Å². The first kappa shape index (κ1) is 16.2. The molecule has 1 atom stereocenters. The van der Waals surface area contributed by atoms with Gasteiger partial charge in [0, 0.05) is 45.1 Å². The van der Waals surface area contributed by atoms with Gasteiger partial charge in [-0.15, -0.1) is 0 Å². The standard InChI is InChI=1S/C14H21N5O3S/c1-4-22-8-11-5-19(6-12-14(11)18(3)10-15-12)23(20,21)13-7-17(2)9-16-13/h7,9-11H,4-6,8H2,1-3H3/t11-/m1/s1. The number of imidazole rings is 2. The van der Waals surface area contributed by atoms with Crippen LogP contribution in [-0.4, -0.2) is 51.6 Å². The van der Waals surface area contributed by atoms with Crippen molar-refractivity contribution in [3.05, 3.63) is 30.2 Å². The van der Waals surface area contributed by atoms with E-state index in [0.29, 0.717) is 19.8 Å². The van der Waals surface area contributed by atoms with Crippen LogP contribution in [0, 0.1) is 0 Å². The van der Waals surface area contributed by atoms with E-state index in [-0.39, 0.29) is 17.5 Å². The molecule has 0 saturated carbocycles. The minimum Gasteiger partial charge on any atom is -0.381 e. The van der Waals surface area contributed by atoms with Gasteiger partial charge in [0.15, 0.2) is 5.03 Å². The molecule has 9 heteroatoms. The Labute approximate surface area is 135 Å². The Balaban J connectivity index is 1.93. The number of ether oxygens (including phenoxy) is 1. The van der Waals surface area contributed by atoms with Crippen molar-refractivity contribution in [1.82, 2.24) is 23.4 Å². The summed E-state index contributed by atoms with van der Waals surface area (Å²) in [5.41, 5.74) is 1.83. The Morgan fingerprint density at radius 1 is 1.30 bits per heavy atom. The van der Waals surface area contributed by atoms with Gasteiger partial charge in [-0.3, -0.25) is 0 Å². The first-order chi connectivity index (χ1) is 10.9. The van der Waals surface area contributed by atoms with Crippen molar-refractivity contribution in [2.24, 2.45) is 14.1 Å². The second kappa shape index (κ2) is 6.06. The Kier molecular flexibility index (Phi) is 4.26. The number of hydrogen-bond donors (Lipinski definition) is 0. The molecular formula is C14H21N5O3S. The van der Waals surface area contributed by atoms with Crippen molar-refractivity contribution in [3.8, 4) is 0 Å². The summed E-state index contributed by atoms with van der Waals surface area (Å²) in [7, 11) is 0.0353. The van der Waals surface area contributed by atoms with Crippen molar-refractivity contribution >= 4 is 10.0 Å². The molecule has 8 nitrogen and oxygen atoms in total. The molecule has 126 valence electrons. The summed E-state index contributed by atoms with van der Waals surface area (Å²) in [6, 6.07) is 0. The molecule has 2 aromatic rings. The lowest BCUT2D eigenvalue weighted by Crippen LogP contribution is -2.40. The molecule has 0 unspecified atom stereocenters. The van der Waals surface area contributed by atoms with Gasteiger partial charge in [0.2, 0.25) is 0 Å². The summed E-state index contributed by atoms with van der Waals surface area (Å²) in [5.74, 6) is -0.0373. The lowest BCUT2D eigenvalue weighted by molar-refractivity contribution is 0.119. The molecule has 0 aliphatic carbocycles. The number of hydrogen-bond acceptors (Lipinski definition) is 5. The fourth-order valence-corrected chi connectivity index (χ4v) is 4.34. The van der Waals surface area contributed by atoms with Crippen LogP contribution in [0.3, 0.4) is 0 Å². The molecule has 0 aromatic carbocycles. The van der Waals surface area contributed by atoms with Gasteiger partial charge in [0.25, 0.3) is 10.0 Å². The SMILES string of the molecule is CCOC[C@H]1CN(S(=O)(=O)c2cn(C)cn2)Cc2ncn(C)c21. The first-order valence-electron chi connectivity index (χ1n) is 7.49. The molecule has 1 aliphatic heterocycles. The number of fused-ring (bicyclic) bond motifs is 1. The maximum Gasteiger partial charge on any atom is 0.262 e. The number of rotatable bonds is 5. The van der Waals surface area contributed by atoms with Crippen molar-refractivity contribution in [2.75, 3.05) is 19.8 Å². The minimum atomic E-state index is -3.64. The van der Waals surface area contributed by atoms with Gasteiger partial charge in [-0.1, -0.05) is 0 Å². The van der Waals surface area contributed by atoms with E-state index in [1.807, 2.05) is 18.5 Å². The summed E-state index contributed by atoms with van der Waals surface area (Å²) < 4.78 is 36.2. The topological polar surface area (TPSA) is 82.2 Å². The number of aryl methyl sites for hydroxylation is 2. The van der Waals surface area contributed by atoms with Gasteiger partial charge < -0.3 is 13.9 Å². The quantitative estimate of drug-likeness (QED) is 0.791. The van der Waals surface area contributed by atoms with Crippen LogP contribution in [-0.2, 0) is 35.4 Å². The van der Waals surface area contributed by atoms with E-state index in [0.717, 1.165) is 11.4 Å². The molecule has 0 N–H and O–H groups in total. The molecule has 0 spiro atoms. The number of nitrogens with zero attached hydrogens (tertiary/aromatic N) is 5. The molecule has 0 radical (unpaired) electrons. The second-order valence-corrected chi connectivity index (χ2v) is 7.60. The predicted octanol–water partition coefficient (Wildman–Crippen LogP) is 0.478. The monoisotopic (exact) mass is 339 g/mol. The third-order valence-electron chi connectivity index (χ3n) is 4.01. The summed E-state index contributed by atoms with van der Waals surface area (Å²) in [4.78, 5) is 8.34. The fraction of sp³-hybridized carbons (Fsp3) is 0.571. The van der Waals surface area contributed by atoms with Gasteiger partial charge in [-0.25, -0.2) is 18.4 Å². The van der Waals surface area contributed by atoms with Crippen LogP contribution in [0.5, 0.6) is 0 Å². The maximum atomic E-state index is 12.8. The Morgan fingerprint density at radius 2 is 2.09 bits per heavy atom. The third kappa shape index (κ3) is 2.91. The van der Waals surface area contributed by atoms with E-state index in [2.05, 4.69) is 9.97 Å². The Bertz CT molecular complexity index is 795. The highest BCUT2D eigenvalue weighted by Gasteiger charge is 2.36. The average Bonchev–Trinajstić information content (AvgIpc) is 3.12. The van der Waals surface area contributed by atoms with Crippen molar-refractivity contribution in [3.63, 3.8) is 0 Å². The summed E-state index contributed by atoms with van der Waals surface area (Å²) in [6.07, 6.45) is 4.72. The van der Waals surface area contributed by atoms with Crippen LogP contribution in [0.1, 0.15) is 24.2 Å². The second-order valence-electron chi connectivity index (χ2n) is 5.72. The van der Waals surface area contributed by atoms with Gasteiger partial charge >= 0.3 is 0 Å². The van der Waals surface area contributed by atoms with Crippen molar-refractivity contribution < 1.29 is 13.2 Å². The van der Waals surface area contributed by atoms with Gasteiger partial charge in [-0.2, -0.15) is 4.31 Å². The van der Waals surface area contributed by atoms with Crippen LogP contribution in [0.15, 0.2) is 23.9 Å². The van der Waals surface area contributed by atoms with E-state index in [4.69, 9.17) is 4.74 Å². The van der Waals surface area contributed by atoms with Gasteiger partial charge in [0.1, 0.15) is 0 Å². The molecule has 0 amide bonds. The number of aromatic nitrogens is 4. The van der Waals surface area contributed by atoms with Crippen molar-refractivity contribution in [2.45, 2.75) is 24.4 Å². The van der Waals surface area contributed by atoms with Gasteiger partial charge in [0.05, 0.1) is 31.5 Å². The summed E-state index contributed by atoms with van der Waals surface area (Å²) in [6.45, 7) is 3.62. The maximum absolute atomic E-state index is 12.8. The fourth-order valence-electron chi connectivity index (χ4n) is 2.93. The molecule has 2 aromatic heterocycles. The highest BCUT2D eigenvalue weighted by molar-refractivity contribution is 7.89. The smallest absolute Gasteiger partial charge is 0.262 e. The van der Waals surface area contributed by atoms with E-state index < -0.39 is 10.0 Å². The summed E-state index contributed by atoms with van der Waals surface area (Å²) in [5, 5.41) is 0.0644. The molecule has 3 heterocycles. The highest BCUT2D eigenvalue weighted by Crippen LogP contribution is 2.30. The molecule has 0 saturated heterocycles. The lowest BCUT2D eigenvalue weighted by Gasteiger charge is -2.31. The zero-order valence-corrected chi connectivity index (χ0v) is 14.3. The molecular weight excluding hydrogens is 318 g/mol. The van der Waals surface area contributed by atoms with Crippen LogP contribution >= 0.6 is 0 Å². The minimum absolute atomic E-state index is 0.0373. The Morgan fingerprint density at radius 3 is 2.74 bits per heavy atom. The van der Waals surface area contributed by atoms with Crippen LogP contribution in [0.4, 0.5) is 0 Å². The lowest BCUT2D eigenvalue weighted by atomic mass is 10.0. The zero-order chi connectivity index (χ0) is 16.6. The Hall–Kier alpha value is -1.71.